The van der Waals surface area contributed by atoms with Gasteiger partial charge in [0, 0.05) is 19.3 Å². The predicted octanol–water partition coefficient (Wildman–Crippen LogP) is 5.12. The van der Waals surface area contributed by atoms with E-state index in [1.54, 1.807) is 11.1 Å². The van der Waals surface area contributed by atoms with Crippen LogP contribution in [0.3, 0.4) is 0 Å². The molecule has 0 bridgehead atoms. The van der Waals surface area contributed by atoms with Crippen molar-refractivity contribution in [3.8, 4) is 11.5 Å². The van der Waals surface area contributed by atoms with E-state index < -0.39 is 0 Å². The maximum absolute atomic E-state index is 13.4. The number of rotatable bonds is 5. The highest BCUT2D eigenvalue weighted by Crippen LogP contribution is 2.46. The van der Waals surface area contributed by atoms with Gasteiger partial charge in [-0.3, -0.25) is 9.69 Å². The van der Waals surface area contributed by atoms with E-state index in [2.05, 4.69) is 20.5 Å². The smallest absolute Gasteiger partial charge is 0.331 e. The lowest BCUT2D eigenvalue weighted by atomic mass is 10.1. The number of urea groups is 1. The van der Waals surface area contributed by atoms with Crippen molar-refractivity contribution in [1.29, 1.82) is 0 Å². The van der Waals surface area contributed by atoms with Gasteiger partial charge in [-0.25, -0.2) is 9.78 Å². The van der Waals surface area contributed by atoms with Crippen LogP contribution >= 0.6 is 11.3 Å². The molecule has 0 radical (unpaired) electrons. The molecular formula is C26H23N5O3S. The maximum Gasteiger partial charge on any atom is 0.331 e. The largest absolute Gasteiger partial charge is 0.457 e. The van der Waals surface area contributed by atoms with Crippen LogP contribution in [0.1, 0.15) is 15.2 Å². The number of likely N-dealkylation sites (tertiary alicyclic amines) is 1. The van der Waals surface area contributed by atoms with E-state index in [0.717, 1.165) is 35.5 Å². The van der Waals surface area contributed by atoms with Crippen LogP contribution in [0.4, 0.5) is 21.9 Å². The number of likely N-dealkylation sites (N-methyl/N-ethyl adjacent to an activating group) is 1. The molecule has 176 valence electrons. The van der Waals surface area contributed by atoms with Gasteiger partial charge in [-0.05, 0) is 55.9 Å². The fraction of sp³-hybridized carbons (Fsp3) is 0.192. The number of nitrogens with one attached hydrogen (secondary N) is 2. The average molecular weight is 486 g/mol. The molecule has 4 aromatic rings. The van der Waals surface area contributed by atoms with Gasteiger partial charge in [0.25, 0.3) is 5.91 Å². The number of carbonyl (C=O) groups is 2. The van der Waals surface area contributed by atoms with Crippen LogP contribution in [0, 0.1) is 6.92 Å². The summed E-state index contributed by atoms with van der Waals surface area (Å²) in [7, 11) is 2.01. The van der Waals surface area contributed by atoms with Crippen LogP contribution in [-0.2, 0) is 0 Å². The topological polar surface area (TPSA) is 86.8 Å². The predicted molar refractivity (Wildman–Crippen MR) is 137 cm³/mol. The summed E-state index contributed by atoms with van der Waals surface area (Å²) >= 11 is 1.30. The molecule has 6 rings (SSSR count). The minimum atomic E-state index is -0.319. The summed E-state index contributed by atoms with van der Waals surface area (Å²) in [5.41, 5.74) is 2.84. The van der Waals surface area contributed by atoms with Crippen LogP contribution in [0.15, 0.2) is 60.8 Å². The summed E-state index contributed by atoms with van der Waals surface area (Å²) in [6.07, 6.45) is 1.67. The summed E-state index contributed by atoms with van der Waals surface area (Å²) in [4.78, 5) is 35.8. The third kappa shape index (κ3) is 3.78. The molecular weight excluding hydrogens is 462 g/mol. The van der Waals surface area contributed by atoms with E-state index in [0.29, 0.717) is 26.8 Å². The molecule has 0 spiro atoms. The molecule has 0 unspecified atom stereocenters. The number of nitrogens with zero attached hydrogens (tertiary/aromatic N) is 3. The Kier molecular flexibility index (Phi) is 5.16. The van der Waals surface area contributed by atoms with Crippen molar-refractivity contribution in [2.24, 2.45) is 0 Å². The molecule has 2 aromatic carbocycles. The summed E-state index contributed by atoms with van der Waals surface area (Å²) < 4.78 is 5.95. The van der Waals surface area contributed by atoms with Gasteiger partial charge >= 0.3 is 6.03 Å². The number of amides is 3. The lowest BCUT2D eigenvalue weighted by Gasteiger charge is -2.36. The monoisotopic (exact) mass is 485 g/mol. The van der Waals surface area contributed by atoms with Crippen molar-refractivity contribution in [2.75, 3.05) is 30.4 Å². The number of hydrogen-bond acceptors (Lipinski definition) is 6. The number of aryl methyl sites for hydroxylation is 1. The quantitative estimate of drug-likeness (QED) is 0.410. The van der Waals surface area contributed by atoms with Gasteiger partial charge in [0.15, 0.2) is 0 Å². The van der Waals surface area contributed by atoms with Gasteiger partial charge in [-0.1, -0.05) is 18.2 Å². The van der Waals surface area contributed by atoms with E-state index in [9.17, 15) is 9.59 Å². The number of pyridine rings is 1. The number of ether oxygens (including phenoxy) is 1. The lowest BCUT2D eigenvalue weighted by Crippen LogP contribution is -2.57. The number of thiophene rings is 1. The van der Waals surface area contributed by atoms with Gasteiger partial charge in [-0.2, -0.15) is 0 Å². The second-order valence-corrected chi connectivity index (χ2v) is 9.84. The number of aromatic nitrogens is 1. The molecule has 0 aliphatic carbocycles. The molecule has 9 heteroatoms. The normalized spacial score (nSPS) is 15.6. The van der Waals surface area contributed by atoms with Crippen LogP contribution in [0.2, 0.25) is 0 Å². The minimum Gasteiger partial charge on any atom is -0.457 e. The van der Waals surface area contributed by atoms with Crippen molar-refractivity contribution in [3.63, 3.8) is 0 Å². The lowest BCUT2D eigenvalue weighted by molar-refractivity contribution is 0.0862. The molecule has 0 saturated carbocycles. The van der Waals surface area contributed by atoms with Crippen molar-refractivity contribution in [3.05, 3.63) is 71.2 Å². The highest BCUT2D eigenvalue weighted by molar-refractivity contribution is 7.21. The molecule has 1 fully saturated rings. The maximum atomic E-state index is 13.4. The van der Waals surface area contributed by atoms with Crippen LogP contribution in [-0.4, -0.2) is 48.0 Å². The summed E-state index contributed by atoms with van der Waals surface area (Å²) in [6, 6.07) is 16.8. The Morgan fingerprint density at radius 1 is 1.11 bits per heavy atom. The number of anilines is 3. The van der Waals surface area contributed by atoms with Crippen molar-refractivity contribution in [1.82, 2.24) is 15.2 Å². The zero-order valence-electron chi connectivity index (χ0n) is 19.2. The Morgan fingerprint density at radius 3 is 2.66 bits per heavy atom. The Balaban J connectivity index is 1.35. The van der Waals surface area contributed by atoms with Gasteiger partial charge < -0.3 is 20.3 Å². The van der Waals surface area contributed by atoms with Crippen molar-refractivity contribution >= 4 is 50.6 Å². The number of para-hydroxylation sites is 1. The van der Waals surface area contributed by atoms with Gasteiger partial charge in [0.1, 0.15) is 21.2 Å². The van der Waals surface area contributed by atoms with Gasteiger partial charge in [0.2, 0.25) is 0 Å². The first-order chi connectivity index (χ1) is 17.0. The van der Waals surface area contributed by atoms with Crippen molar-refractivity contribution in [2.45, 2.75) is 13.0 Å². The zero-order chi connectivity index (χ0) is 24.1. The molecule has 0 atom stereocenters. The molecule has 35 heavy (non-hydrogen) atoms. The van der Waals surface area contributed by atoms with E-state index in [-0.39, 0.29) is 18.0 Å². The van der Waals surface area contributed by atoms with Gasteiger partial charge in [-0.15, -0.1) is 11.3 Å². The molecule has 8 nitrogen and oxygen atoms in total. The van der Waals surface area contributed by atoms with Crippen molar-refractivity contribution < 1.29 is 14.3 Å². The summed E-state index contributed by atoms with van der Waals surface area (Å²) in [5, 5.41) is 6.79. The van der Waals surface area contributed by atoms with Crippen LogP contribution in [0.25, 0.3) is 10.2 Å². The third-order valence-corrected chi connectivity index (χ3v) is 7.34. The second kappa shape index (κ2) is 8.37. The van der Waals surface area contributed by atoms with Crippen LogP contribution in [0.5, 0.6) is 11.5 Å². The second-order valence-electron chi connectivity index (χ2n) is 8.84. The standard InChI is InChI=1S/C26H23N5O3S/c1-15-12-18(34-17-6-4-3-5-7-17)8-9-19(15)31-20-10-11-27-25-21(20)22(29-26(31)33)23(35-25)24(32)28-16-13-30(2)14-16/h3-12,16H,13-14H2,1-2H3,(H,28,32)(H,29,33). The van der Waals surface area contributed by atoms with E-state index in [1.165, 1.54) is 11.3 Å². The van der Waals surface area contributed by atoms with Gasteiger partial charge in [0.05, 0.1) is 28.5 Å². The Hall–Kier alpha value is -3.95. The van der Waals surface area contributed by atoms with E-state index >= 15 is 0 Å². The average Bonchev–Trinajstić information content (AvgIpc) is 3.19. The molecule has 2 aliphatic heterocycles. The Morgan fingerprint density at radius 2 is 1.91 bits per heavy atom. The highest BCUT2D eigenvalue weighted by Gasteiger charge is 2.34. The first kappa shape index (κ1) is 21.6. The molecule has 3 amide bonds. The fourth-order valence-corrected chi connectivity index (χ4v) is 5.61. The van der Waals surface area contributed by atoms with Crippen LogP contribution < -0.4 is 20.3 Å². The highest BCUT2D eigenvalue weighted by atomic mass is 32.1. The number of carbonyl (C=O) groups excluding carboxylic acids is 2. The molecule has 4 heterocycles. The fourth-order valence-electron chi connectivity index (χ4n) is 4.59. The first-order valence-electron chi connectivity index (χ1n) is 11.3. The Labute approximate surface area is 206 Å². The van der Waals surface area contributed by atoms with E-state index in [1.807, 2.05) is 68.6 Å². The summed E-state index contributed by atoms with van der Waals surface area (Å²) in [6.45, 7) is 3.58. The summed E-state index contributed by atoms with van der Waals surface area (Å²) in [5.74, 6) is 1.25. The molecule has 1 saturated heterocycles. The number of benzene rings is 2. The minimum absolute atomic E-state index is 0.118. The zero-order valence-corrected chi connectivity index (χ0v) is 20.1. The molecule has 2 aromatic heterocycles. The third-order valence-electron chi connectivity index (χ3n) is 6.24. The molecule has 2 N–H and O–H groups in total. The Bertz CT molecular complexity index is 1460. The first-order valence-corrected chi connectivity index (χ1v) is 12.1. The van der Waals surface area contributed by atoms with E-state index in [4.69, 9.17) is 4.74 Å². The molecule has 2 aliphatic rings. The number of hydrogen-bond donors (Lipinski definition) is 2. The SMILES string of the molecule is Cc1cc(Oc2ccccc2)ccc1N1C(=O)Nc2c(C(=O)NC3CN(C)C3)sc3nccc1c23.